The van der Waals surface area contributed by atoms with E-state index in [1.165, 1.54) is 25.2 Å². The van der Waals surface area contributed by atoms with Gasteiger partial charge >= 0.3 is 6.18 Å². The van der Waals surface area contributed by atoms with Crippen LogP contribution in [0.5, 0.6) is 0 Å². The van der Waals surface area contributed by atoms with Gasteiger partial charge in [0.25, 0.3) is 0 Å². The fourth-order valence-electron chi connectivity index (χ4n) is 3.26. The van der Waals surface area contributed by atoms with Gasteiger partial charge in [0.05, 0.1) is 13.2 Å². The van der Waals surface area contributed by atoms with Gasteiger partial charge in [-0.05, 0) is 50.1 Å². The molecule has 2 atom stereocenters. The first-order chi connectivity index (χ1) is 11.0. The zero-order valence-corrected chi connectivity index (χ0v) is 13.8. The summed E-state index contributed by atoms with van der Waals surface area (Å²) in [5.41, 5.74) is -4.26. The lowest BCUT2D eigenvalue weighted by molar-refractivity contribution is -0.294. The lowest BCUT2D eigenvalue weighted by Crippen LogP contribution is -2.61. The molecule has 24 heavy (non-hydrogen) atoms. The van der Waals surface area contributed by atoms with Gasteiger partial charge in [0.2, 0.25) is 0 Å². The predicted octanol–water partition coefficient (Wildman–Crippen LogP) is 3.08. The molecule has 0 aromatic carbocycles. The van der Waals surface area contributed by atoms with E-state index in [1.807, 2.05) is 0 Å². The van der Waals surface area contributed by atoms with Crippen molar-refractivity contribution in [1.82, 2.24) is 0 Å². The Hall–Kier alpha value is -1.44. The van der Waals surface area contributed by atoms with Gasteiger partial charge in [-0.3, -0.25) is 4.79 Å². The lowest BCUT2D eigenvalue weighted by Gasteiger charge is -2.51. The lowest BCUT2D eigenvalue weighted by atomic mass is 9.61. The molecule has 2 aliphatic rings. The maximum atomic E-state index is 13.9. The molecule has 0 aromatic rings. The van der Waals surface area contributed by atoms with Crippen LogP contribution < -0.4 is 0 Å². The van der Waals surface area contributed by atoms with Crippen molar-refractivity contribution in [3.8, 4) is 0 Å². The zero-order valence-electron chi connectivity index (χ0n) is 13.8. The molecule has 4 nitrogen and oxygen atoms in total. The van der Waals surface area contributed by atoms with E-state index >= 15 is 0 Å². The number of aldehydes is 1. The number of allylic oxidation sites excluding steroid dienone is 3. The van der Waals surface area contributed by atoms with Crippen LogP contribution in [0.4, 0.5) is 13.2 Å². The number of alkyl halides is 3. The Morgan fingerprint density at radius 2 is 1.92 bits per heavy atom. The molecule has 0 saturated carbocycles. The number of rotatable bonds is 3. The van der Waals surface area contributed by atoms with E-state index < -0.39 is 29.4 Å². The third-order valence-corrected chi connectivity index (χ3v) is 4.80. The molecule has 134 valence electrons. The van der Waals surface area contributed by atoms with E-state index in [0.717, 1.165) is 13.0 Å². The molecule has 0 amide bonds. The summed E-state index contributed by atoms with van der Waals surface area (Å²) in [5, 5.41) is 11.0. The summed E-state index contributed by atoms with van der Waals surface area (Å²) in [6, 6.07) is 0. The second-order valence-corrected chi connectivity index (χ2v) is 6.49. The summed E-state index contributed by atoms with van der Waals surface area (Å²) < 4.78 is 52.5. The van der Waals surface area contributed by atoms with E-state index in [4.69, 9.17) is 9.47 Å². The number of carbonyl (C=O) groups is 1. The second kappa shape index (κ2) is 6.13. The number of ether oxygens (including phenoxy) is 2. The molecule has 0 unspecified atom stereocenters. The van der Waals surface area contributed by atoms with Crippen molar-refractivity contribution < 1.29 is 32.5 Å². The van der Waals surface area contributed by atoms with Crippen molar-refractivity contribution in [2.75, 3.05) is 13.2 Å². The SMILES string of the molecule is CC1=CC2(C[C@](C)(C(F)(F)F)[C@@]1(O)/C=C/C(C)=C\C=O)OCCO2. The van der Waals surface area contributed by atoms with Crippen molar-refractivity contribution >= 4 is 6.29 Å². The minimum absolute atomic E-state index is 0.0885. The Kier molecular flexibility index (Phi) is 4.82. The first-order valence-corrected chi connectivity index (χ1v) is 7.58. The number of hydrogen-bond donors (Lipinski definition) is 1. The van der Waals surface area contributed by atoms with Crippen molar-refractivity contribution in [1.29, 1.82) is 0 Å². The number of aliphatic hydroxyl groups is 1. The van der Waals surface area contributed by atoms with Crippen LogP contribution in [0.3, 0.4) is 0 Å². The standard InChI is InChI=1S/C17H21F3O4/c1-12(5-7-21)4-6-16(22)13(2)10-15(23-8-9-24-15)11-14(16,3)17(18,19)20/h4-7,10,22H,8-9,11H2,1-3H3/b6-4+,12-5-/t14-,16+/m0/s1. The van der Waals surface area contributed by atoms with Crippen LogP contribution in [-0.2, 0) is 14.3 Å². The van der Waals surface area contributed by atoms with Crippen LogP contribution in [0.2, 0.25) is 0 Å². The van der Waals surface area contributed by atoms with Gasteiger partial charge in [-0.15, -0.1) is 0 Å². The highest BCUT2D eigenvalue weighted by Gasteiger charge is 2.68. The summed E-state index contributed by atoms with van der Waals surface area (Å²) in [7, 11) is 0. The van der Waals surface area contributed by atoms with E-state index in [1.54, 1.807) is 6.92 Å². The van der Waals surface area contributed by atoms with Crippen LogP contribution in [0.25, 0.3) is 0 Å². The molecule has 1 aliphatic carbocycles. The molecule has 0 radical (unpaired) electrons. The fourth-order valence-corrected chi connectivity index (χ4v) is 3.26. The normalized spacial score (nSPS) is 34.0. The first-order valence-electron chi connectivity index (χ1n) is 7.58. The van der Waals surface area contributed by atoms with Crippen LogP contribution in [0.15, 0.2) is 35.5 Å². The van der Waals surface area contributed by atoms with Crippen LogP contribution in [0, 0.1) is 5.41 Å². The summed E-state index contributed by atoms with van der Waals surface area (Å²) in [6.45, 7) is 4.34. The predicted molar refractivity (Wildman–Crippen MR) is 81.1 cm³/mol. The molecule has 1 fully saturated rings. The Bertz CT molecular complexity index is 599. The molecule has 7 heteroatoms. The zero-order chi connectivity index (χ0) is 18.2. The van der Waals surface area contributed by atoms with Crippen molar-refractivity contribution in [3.05, 3.63) is 35.5 Å². The minimum atomic E-state index is -4.70. The van der Waals surface area contributed by atoms with Gasteiger partial charge in [-0.25, -0.2) is 0 Å². The van der Waals surface area contributed by atoms with Gasteiger partial charge in [0, 0.05) is 6.42 Å². The number of carbonyl (C=O) groups excluding carboxylic acids is 1. The molecule has 2 rings (SSSR count). The second-order valence-electron chi connectivity index (χ2n) is 6.49. The van der Waals surface area contributed by atoms with Crippen molar-refractivity contribution in [2.24, 2.45) is 5.41 Å². The van der Waals surface area contributed by atoms with Crippen LogP contribution in [-0.4, -0.2) is 42.2 Å². The molecule has 1 saturated heterocycles. The number of halogens is 3. The highest BCUT2D eigenvalue weighted by atomic mass is 19.4. The largest absolute Gasteiger partial charge is 0.397 e. The van der Waals surface area contributed by atoms with Gasteiger partial charge in [-0.1, -0.05) is 6.08 Å². The molecule has 0 bridgehead atoms. The van der Waals surface area contributed by atoms with Crippen molar-refractivity contribution in [2.45, 2.75) is 44.8 Å². The Morgan fingerprint density at radius 1 is 1.33 bits per heavy atom. The van der Waals surface area contributed by atoms with E-state index in [-0.39, 0.29) is 18.8 Å². The summed E-state index contributed by atoms with van der Waals surface area (Å²) in [6.07, 6.45) is 0.289. The van der Waals surface area contributed by atoms with E-state index in [9.17, 15) is 23.1 Å². The fraction of sp³-hybridized carbons (Fsp3) is 0.588. The summed E-state index contributed by atoms with van der Waals surface area (Å²) in [5.74, 6) is -1.47. The van der Waals surface area contributed by atoms with Crippen LogP contribution in [0.1, 0.15) is 27.2 Å². The van der Waals surface area contributed by atoms with Gasteiger partial charge in [0.15, 0.2) is 5.79 Å². The first kappa shape index (κ1) is 18.9. The highest BCUT2D eigenvalue weighted by Crippen LogP contribution is 2.58. The van der Waals surface area contributed by atoms with Gasteiger partial charge in [-0.2, -0.15) is 13.2 Å². The monoisotopic (exact) mass is 346 g/mol. The summed E-state index contributed by atoms with van der Waals surface area (Å²) >= 11 is 0. The molecule has 1 heterocycles. The van der Waals surface area contributed by atoms with E-state index in [2.05, 4.69) is 0 Å². The topological polar surface area (TPSA) is 55.8 Å². The van der Waals surface area contributed by atoms with E-state index in [0.29, 0.717) is 11.9 Å². The average Bonchev–Trinajstić information content (AvgIpc) is 2.90. The molecular weight excluding hydrogens is 325 g/mol. The third kappa shape index (κ3) is 2.96. The molecule has 1 aliphatic heterocycles. The molecule has 1 spiro atoms. The van der Waals surface area contributed by atoms with Gasteiger partial charge in [0.1, 0.15) is 17.3 Å². The average molecular weight is 346 g/mol. The Morgan fingerprint density at radius 3 is 2.42 bits per heavy atom. The maximum Gasteiger partial charge on any atom is 0.397 e. The highest BCUT2D eigenvalue weighted by molar-refractivity contribution is 5.67. The Balaban J connectivity index is 2.57. The maximum absolute atomic E-state index is 13.9. The smallest absolute Gasteiger partial charge is 0.380 e. The molecule has 0 aromatic heterocycles. The molecule has 1 N–H and O–H groups in total. The van der Waals surface area contributed by atoms with Crippen molar-refractivity contribution in [3.63, 3.8) is 0 Å². The quantitative estimate of drug-likeness (QED) is 0.369. The summed E-state index contributed by atoms with van der Waals surface area (Å²) in [4.78, 5) is 10.5. The van der Waals surface area contributed by atoms with Gasteiger partial charge < -0.3 is 14.6 Å². The number of hydrogen-bond acceptors (Lipinski definition) is 4. The Labute approximate surface area is 138 Å². The molecular formula is C17H21F3O4. The van der Waals surface area contributed by atoms with Crippen LogP contribution >= 0.6 is 0 Å². The minimum Gasteiger partial charge on any atom is -0.380 e. The third-order valence-electron chi connectivity index (χ3n) is 4.80.